The number of ether oxygens (including phenoxy) is 1. The summed E-state index contributed by atoms with van der Waals surface area (Å²) in [5, 5.41) is 29.0. The van der Waals surface area contributed by atoms with E-state index in [9.17, 15) is 14.7 Å². The van der Waals surface area contributed by atoms with Gasteiger partial charge in [-0.2, -0.15) is 0 Å². The van der Waals surface area contributed by atoms with Crippen molar-refractivity contribution in [1.29, 1.82) is 0 Å². The third kappa shape index (κ3) is 13.7. The standard InChI is InChI=1S/C17H35NO2.C4H4O4/c1-12(2)15-8-7-13(3)9-16(15)20-11-14(19)10-18-17(4,5)6;5-3(6)1-2-4(7)8/h12-16,18-19H,7-11H2,1-6H3;1-2H,(H,5,6)(H,7,8)/b;2-1+. The average Bonchev–Trinajstić information content (AvgIpc) is 2.56. The van der Waals surface area contributed by atoms with E-state index in [-0.39, 0.29) is 5.54 Å². The molecule has 0 bridgehead atoms. The second-order valence-corrected chi connectivity index (χ2v) is 8.99. The van der Waals surface area contributed by atoms with Gasteiger partial charge in [0, 0.05) is 24.2 Å². The minimum absolute atomic E-state index is 0.0425. The lowest BCUT2D eigenvalue weighted by atomic mass is 9.75. The fourth-order valence-corrected chi connectivity index (χ4v) is 3.17. The maximum Gasteiger partial charge on any atom is 0.328 e. The monoisotopic (exact) mass is 401 g/mol. The Morgan fingerprint density at radius 2 is 1.68 bits per heavy atom. The molecule has 28 heavy (non-hydrogen) atoms. The summed E-state index contributed by atoms with van der Waals surface area (Å²) in [4.78, 5) is 19.1. The van der Waals surface area contributed by atoms with Gasteiger partial charge in [0.05, 0.1) is 18.8 Å². The van der Waals surface area contributed by atoms with Crippen LogP contribution in [0.15, 0.2) is 12.2 Å². The molecule has 4 N–H and O–H groups in total. The molecule has 0 saturated heterocycles. The third-order valence-corrected chi connectivity index (χ3v) is 4.70. The summed E-state index contributed by atoms with van der Waals surface area (Å²) in [6, 6.07) is 0. The quantitative estimate of drug-likeness (QED) is 0.462. The van der Waals surface area contributed by atoms with Gasteiger partial charge < -0.3 is 25.4 Å². The van der Waals surface area contributed by atoms with Crippen LogP contribution in [-0.2, 0) is 14.3 Å². The molecule has 7 heteroatoms. The molecule has 0 amide bonds. The third-order valence-electron chi connectivity index (χ3n) is 4.70. The number of carbonyl (C=O) groups is 2. The molecule has 1 rings (SSSR count). The van der Waals surface area contributed by atoms with Crippen molar-refractivity contribution in [3.05, 3.63) is 12.2 Å². The summed E-state index contributed by atoms with van der Waals surface area (Å²) in [6.45, 7) is 14.3. The number of carboxylic acids is 2. The van der Waals surface area contributed by atoms with E-state index in [0.29, 0.717) is 43.2 Å². The SMILES string of the molecule is CC1CCC(C(C)C)C(OCC(O)CNC(C)(C)C)C1.O=C(O)/C=C/C(=O)O. The molecule has 0 heterocycles. The largest absolute Gasteiger partial charge is 0.478 e. The molecule has 7 nitrogen and oxygen atoms in total. The first-order valence-corrected chi connectivity index (χ1v) is 10.0. The van der Waals surface area contributed by atoms with Crippen LogP contribution in [-0.4, -0.2) is 58.2 Å². The Hall–Kier alpha value is -1.44. The van der Waals surface area contributed by atoms with Crippen LogP contribution in [0.25, 0.3) is 0 Å². The Labute approximate surface area is 169 Å². The number of β-amino-alcohol motifs (C(OH)–C–C–N with tert-alkyl or cyclic N) is 1. The highest BCUT2D eigenvalue weighted by molar-refractivity contribution is 5.89. The van der Waals surface area contributed by atoms with Crippen LogP contribution in [0.5, 0.6) is 0 Å². The second-order valence-electron chi connectivity index (χ2n) is 8.99. The highest BCUT2D eigenvalue weighted by Crippen LogP contribution is 2.35. The Bertz CT molecular complexity index is 482. The van der Waals surface area contributed by atoms with Crippen molar-refractivity contribution in [3.63, 3.8) is 0 Å². The van der Waals surface area contributed by atoms with Crippen molar-refractivity contribution in [2.45, 2.75) is 78.6 Å². The van der Waals surface area contributed by atoms with Gasteiger partial charge in [-0.15, -0.1) is 0 Å². The van der Waals surface area contributed by atoms with Gasteiger partial charge in [-0.3, -0.25) is 0 Å². The van der Waals surface area contributed by atoms with E-state index in [1.807, 2.05) is 0 Å². The van der Waals surface area contributed by atoms with Crippen LogP contribution in [0.3, 0.4) is 0 Å². The first kappa shape index (κ1) is 26.6. The van der Waals surface area contributed by atoms with E-state index >= 15 is 0 Å². The van der Waals surface area contributed by atoms with Gasteiger partial charge in [-0.1, -0.05) is 27.2 Å². The summed E-state index contributed by atoms with van der Waals surface area (Å²) in [6.07, 6.45) is 4.74. The number of aliphatic carboxylic acids is 2. The molecule has 1 aliphatic carbocycles. The summed E-state index contributed by atoms with van der Waals surface area (Å²) in [7, 11) is 0. The molecule has 0 spiro atoms. The Morgan fingerprint density at radius 3 is 2.11 bits per heavy atom. The van der Waals surface area contributed by atoms with E-state index in [4.69, 9.17) is 14.9 Å². The highest BCUT2D eigenvalue weighted by Gasteiger charge is 2.31. The van der Waals surface area contributed by atoms with Gasteiger partial charge in [0.1, 0.15) is 0 Å². The number of carboxylic acid groups (broad SMARTS) is 2. The lowest BCUT2D eigenvalue weighted by molar-refractivity contribution is -0.134. The molecule has 4 unspecified atom stereocenters. The van der Waals surface area contributed by atoms with Crippen LogP contribution < -0.4 is 5.32 Å². The van der Waals surface area contributed by atoms with Crippen molar-refractivity contribution in [1.82, 2.24) is 5.32 Å². The molecule has 1 fully saturated rings. The minimum Gasteiger partial charge on any atom is -0.478 e. The summed E-state index contributed by atoms with van der Waals surface area (Å²) in [5.41, 5.74) is 0.0425. The van der Waals surface area contributed by atoms with Crippen molar-refractivity contribution < 1.29 is 29.6 Å². The fraction of sp³-hybridized carbons (Fsp3) is 0.810. The van der Waals surface area contributed by atoms with Crippen LogP contribution in [0.1, 0.15) is 60.8 Å². The number of rotatable bonds is 8. The van der Waals surface area contributed by atoms with Crippen LogP contribution in [0.2, 0.25) is 0 Å². The molecule has 0 aromatic rings. The van der Waals surface area contributed by atoms with Gasteiger partial charge in [-0.25, -0.2) is 9.59 Å². The predicted octanol–water partition coefficient (Wildman–Crippen LogP) is 2.92. The van der Waals surface area contributed by atoms with Gasteiger partial charge in [-0.05, 0) is 51.4 Å². The number of aliphatic hydroxyl groups excluding tert-OH is 1. The van der Waals surface area contributed by atoms with Gasteiger partial charge >= 0.3 is 11.9 Å². The molecule has 1 saturated carbocycles. The summed E-state index contributed by atoms with van der Waals surface area (Å²) < 4.78 is 6.06. The lowest BCUT2D eigenvalue weighted by Gasteiger charge is -2.37. The summed E-state index contributed by atoms with van der Waals surface area (Å²) in [5.74, 6) is -0.453. The Morgan fingerprint density at radius 1 is 1.14 bits per heavy atom. The minimum atomic E-state index is -1.26. The van der Waals surface area contributed by atoms with Crippen molar-refractivity contribution >= 4 is 11.9 Å². The highest BCUT2D eigenvalue weighted by atomic mass is 16.5. The second kappa shape index (κ2) is 12.9. The van der Waals surface area contributed by atoms with Crippen molar-refractivity contribution in [3.8, 4) is 0 Å². The predicted molar refractivity (Wildman–Crippen MR) is 109 cm³/mol. The van der Waals surface area contributed by atoms with E-state index in [0.717, 1.165) is 12.3 Å². The summed E-state index contributed by atoms with van der Waals surface area (Å²) >= 11 is 0. The first-order chi connectivity index (χ1) is 12.8. The number of hydrogen-bond acceptors (Lipinski definition) is 5. The average molecular weight is 402 g/mol. The topological polar surface area (TPSA) is 116 Å². The molecule has 1 aliphatic rings. The normalized spacial score (nSPS) is 23.9. The van der Waals surface area contributed by atoms with Gasteiger partial charge in [0.25, 0.3) is 0 Å². The van der Waals surface area contributed by atoms with Crippen molar-refractivity contribution in [2.75, 3.05) is 13.2 Å². The molecular formula is C21H39NO6. The molecule has 0 aromatic heterocycles. The Balaban J connectivity index is 0.000000769. The fourth-order valence-electron chi connectivity index (χ4n) is 3.17. The molecule has 4 atom stereocenters. The van der Waals surface area contributed by atoms with Crippen LogP contribution >= 0.6 is 0 Å². The van der Waals surface area contributed by atoms with Crippen LogP contribution in [0, 0.1) is 17.8 Å². The van der Waals surface area contributed by atoms with E-state index < -0.39 is 18.0 Å². The van der Waals surface area contributed by atoms with E-state index in [2.05, 4.69) is 46.9 Å². The molecule has 0 aliphatic heterocycles. The lowest BCUT2D eigenvalue weighted by Crippen LogP contribution is -2.43. The van der Waals surface area contributed by atoms with Gasteiger partial charge in [0.2, 0.25) is 0 Å². The van der Waals surface area contributed by atoms with E-state index in [1.54, 1.807) is 0 Å². The number of aliphatic hydroxyl groups is 1. The van der Waals surface area contributed by atoms with Crippen LogP contribution in [0.4, 0.5) is 0 Å². The number of nitrogens with one attached hydrogen (secondary N) is 1. The smallest absolute Gasteiger partial charge is 0.328 e. The zero-order valence-electron chi connectivity index (χ0n) is 18.1. The number of hydrogen-bond donors (Lipinski definition) is 4. The maximum atomic E-state index is 10.0. The molecule has 164 valence electrons. The first-order valence-electron chi connectivity index (χ1n) is 10.0. The Kier molecular flexibility index (Phi) is 12.2. The molecular weight excluding hydrogens is 362 g/mol. The van der Waals surface area contributed by atoms with Gasteiger partial charge in [0.15, 0.2) is 0 Å². The zero-order valence-corrected chi connectivity index (χ0v) is 18.1. The van der Waals surface area contributed by atoms with Crippen molar-refractivity contribution in [2.24, 2.45) is 17.8 Å². The molecule has 0 radical (unpaired) electrons. The van der Waals surface area contributed by atoms with E-state index in [1.165, 1.54) is 12.8 Å². The maximum absolute atomic E-state index is 10.0. The molecule has 0 aromatic carbocycles. The zero-order chi connectivity index (χ0) is 21.9.